The van der Waals surface area contributed by atoms with Gasteiger partial charge >= 0.3 is 0 Å². The number of nitrogen functional groups attached to an aromatic ring is 1. The lowest BCUT2D eigenvalue weighted by Gasteiger charge is -2.22. The van der Waals surface area contributed by atoms with Crippen molar-refractivity contribution < 1.29 is 4.79 Å². The van der Waals surface area contributed by atoms with Gasteiger partial charge < -0.3 is 10.6 Å². The lowest BCUT2D eigenvalue weighted by Crippen LogP contribution is -2.34. The van der Waals surface area contributed by atoms with Gasteiger partial charge in [-0.15, -0.1) is 0 Å². The third-order valence-corrected chi connectivity index (χ3v) is 3.12. The highest BCUT2D eigenvalue weighted by atomic mass is 79.9. The van der Waals surface area contributed by atoms with Crippen LogP contribution in [0.4, 0.5) is 5.69 Å². The molecule has 2 N–H and O–H groups in total. The van der Waals surface area contributed by atoms with Crippen LogP contribution in [0.3, 0.4) is 0 Å². The number of halogens is 1. The van der Waals surface area contributed by atoms with Crippen LogP contribution in [-0.2, 0) is 0 Å². The Hall–Kier alpha value is -1.54. The van der Waals surface area contributed by atoms with Gasteiger partial charge in [0.25, 0.3) is 5.91 Å². The molecule has 0 aliphatic rings. The number of benzene rings is 1. The lowest BCUT2D eigenvalue weighted by atomic mass is 10.1. The fourth-order valence-electron chi connectivity index (χ4n) is 1.63. The molecule has 1 amide bonds. The van der Waals surface area contributed by atoms with Gasteiger partial charge in [0.2, 0.25) is 0 Å². The maximum atomic E-state index is 12.3. The monoisotopic (exact) mass is 309 g/mol. The summed E-state index contributed by atoms with van der Waals surface area (Å²) in [6, 6.07) is 7.31. The molecule has 0 aliphatic carbocycles. The maximum Gasteiger partial charge on any atom is 0.255 e. The van der Waals surface area contributed by atoms with E-state index >= 15 is 0 Å². The fourth-order valence-corrected chi connectivity index (χ4v) is 2.00. The number of carbonyl (C=O) groups excluding carboxylic acids is 1. The molecule has 0 saturated heterocycles. The Morgan fingerprint density at radius 2 is 2.28 bits per heavy atom. The van der Waals surface area contributed by atoms with Crippen LogP contribution in [0, 0.1) is 17.2 Å². The molecule has 0 aliphatic heterocycles. The normalized spacial score (nSPS) is 11.7. The third kappa shape index (κ3) is 3.47. The summed E-state index contributed by atoms with van der Waals surface area (Å²) in [5.41, 5.74) is 6.75. The van der Waals surface area contributed by atoms with E-state index < -0.39 is 0 Å². The van der Waals surface area contributed by atoms with Gasteiger partial charge in [-0.25, -0.2) is 0 Å². The van der Waals surface area contributed by atoms with Gasteiger partial charge in [0.05, 0.1) is 17.6 Å². The van der Waals surface area contributed by atoms with Crippen LogP contribution in [0.2, 0.25) is 0 Å². The van der Waals surface area contributed by atoms with Crippen molar-refractivity contribution in [1.29, 1.82) is 5.26 Å². The first-order valence-electron chi connectivity index (χ1n) is 5.73. The van der Waals surface area contributed by atoms with Crippen LogP contribution >= 0.6 is 15.9 Å². The number of hydrogen-bond donors (Lipinski definition) is 1. The molecule has 1 aromatic carbocycles. The summed E-state index contributed by atoms with van der Waals surface area (Å²) in [5, 5.41) is 8.80. The van der Waals surface area contributed by atoms with E-state index in [1.54, 1.807) is 30.0 Å². The maximum absolute atomic E-state index is 12.3. The third-order valence-electron chi connectivity index (χ3n) is 2.63. The summed E-state index contributed by atoms with van der Waals surface area (Å²) in [6.07, 6.45) is 0. The Morgan fingerprint density at radius 1 is 1.61 bits per heavy atom. The van der Waals surface area contributed by atoms with Crippen molar-refractivity contribution >= 4 is 27.5 Å². The first-order valence-corrected chi connectivity index (χ1v) is 6.52. The van der Waals surface area contributed by atoms with E-state index in [0.717, 1.165) is 4.47 Å². The highest BCUT2D eigenvalue weighted by Gasteiger charge is 2.18. The van der Waals surface area contributed by atoms with Gasteiger partial charge in [-0.05, 0) is 32.0 Å². The van der Waals surface area contributed by atoms with Crippen molar-refractivity contribution in [3.8, 4) is 6.07 Å². The molecule has 0 heterocycles. The summed E-state index contributed by atoms with van der Waals surface area (Å²) in [6.45, 7) is 4.65. The fraction of sp³-hybridized carbons (Fsp3) is 0.385. The second-order valence-corrected chi connectivity index (χ2v) is 5.02. The van der Waals surface area contributed by atoms with Crippen molar-refractivity contribution in [2.45, 2.75) is 13.8 Å². The number of nitrogens with two attached hydrogens (primary N) is 1. The number of nitriles is 1. The minimum Gasteiger partial charge on any atom is -0.398 e. The first kappa shape index (κ1) is 14.5. The zero-order valence-corrected chi connectivity index (χ0v) is 12.1. The molecule has 0 spiro atoms. The average Bonchev–Trinajstić information content (AvgIpc) is 2.34. The van der Waals surface area contributed by atoms with Gasteiger partial charge in [0.15, 0.2) is 0 Å². The first-order chi connectivity index (χ1) is 8.49. The van der Waals surface area contributed by atoms with Crippen molar-refractivity contribution in [3.63, 3.8) is 0 Å². The molecule has 1 unspecified atom stereocenters. The van der Waals surface area contributed by atoms with Crippen molar-refractivity contribution in [2.75, 3.05) is 18.8 Å². The molecule has 1 rings (SSSR count). The van der Waals surface area contributed by atoms with E-state index in [0.29, 0.717) is 24.3 Å². The molecular weight excluding hydrogens is 294 g/mol. The van der Waals surface area contributed by atoms with Crippen molar-refractivity contribution in [1.82, 2.24) is 4.90 Å². The van der Waals surface area contributed by atoms with E-state index in [1.165, 1.54) is 0 Å². The molecule has 96 valence electrons. The number of anilines is 1. The van der Waals surface area contributed by atoms with E-state index in [9.17, 15) is 4.79 Å². The van der Waals surface area contributed by atoms with Crippen molar-refractivity contribution in [2.24, 2.45) is 5.92 Å². The second-order valence-electron chi connectivity index (χ2n) is 4.11. The molecule has 5 heteroatoms. The van der Waals surface area contributed by atoms with E-state index in [-0.39, 0.29) is 11.8 Å². The minimum absolute atomic E-state index is 0.135. The zero-order chi connectivity index (χ0) is 13.7. The van der Waals surface area contributed by atoms with Crippen LogP contribution in [-0.4, -0.2) is 23.9 Å². The highest BCUT2D eigenvalue weighted by molar-refractivity contribution is 9.10. The molecule has 18 heavy (non-hydrogen) atoms. The van der Waals surface area contributed by atoms with E-state index in [4.69, 9.17) is 11.0 Å². The molecule has 4 nitrogen and oxygen atoms in total. The van der Waals surface area contributed by atoms with Gasteiger partial charge in [-0.2, -0.15) is 5.26 Å². The van der Waals surface area contributed by atoms with Gasteiger partial charge in [-0.3, -0.25) is 4.79 Å². The van der Waals surface area contributed by atoms with Crippen LogP contribution < -0.4 is 5.73 Å². The van der Waals surface area contributed by atoms with Gasteiger partial charge in [-0.1, -0.05) is 15.9 Å². The Labute approximate surface area is 116 Å². The smallest absolute Gasteiger partial charge is 0.255 e. The molecule has 0 aromatic heterocycles. The summed E-state index contributed by atoms with van der Waals surface area (Å²) >= 11 is 3.30. The van der Waals surface area contributed by atoms with Gasteiger partial charge in [0.1, 0.15) is 0 Å². The Balaban J connectivity index is 2.94. The minimum atomic E-state index is -0.189. The Morgan fingerprint density at radius 3 is 2.78 bits per heavy atom. The average molecular weight is 310 g/mol. The number of hydrogen-bond acceptors (Lipinski definition) is 3. The lowest BCUT2D eigenvalue weighted by molar-refractivity contribution is 0.0754. The number of amides is 1. The number of carbonyl (C=O) groups is 1. The molecule has 1 aromatic rings. The van der Waals surface area contributed by atoms with E-state index in [2.05, 4.69) is 22.0 Å². The van der Waals surface area contributed by atoms with Crippen LogP contribution in [0.1, 0.15) is 24.2 Å². The van der Waals surface area contributed by atoms with Crippen LogP contribution in [0.15, 0.2) is 22.7 Å². The Bertz CT molecular complexity index is 482. The Kier molecular flexibility index (Phi) is 5.17. The molecule has 1 atom stereocenters. The largest absolute Gasteiger partial charge is 0.398 e. The van der Waals surface area contributed by atoms with Crippen LogP contribution in [0.25, 0.3) is 0 Å². The molecule has 0 radical (unpaired) electrons. The van der Waals surface area contributed by atoms with Crippen molar-refractivity contribution in [3.05, 3.63) is 28.2 Å². The molecule has 0 bridgehead atoms. The molecule has 0 saturated carbocycles. The summed E-state index contributed by atoms with van der Waals surface area (Å²) in [7, 11) is 0. The topological polar surface area (TPSA) is 70.1 Å². The number of nitrogens with zero attached hydrogens (tertiary/aromatic N) is 2. The van der Waals surface area contributed by atoms with Gasteiger partial charge in [0, 0.05) is 23.2 Å². The number of rotatable bonds is 4. The quantitative estimate of drug-likeness (QED) is 0.869. The summed E-state index contributed by atoms with van der Waals surface area (Å²) < 4.78 is 0.838. The summed E-state index contributed by atoms with van der Waals surface area (Å²) in [5.74, 6) is -0.324. The van der Waals surface area contributed by atoms with E-state index in [1.807, 2.05) is 6.92 Å². The highest BCUT2D eigenvalue weighted by Crippen LogP contribution is 2.20. The molecule has 0 fully saturated rings. The van der Waals surface area contributed by atoms with Crippen LogP contribution in [0.5, 0.6) is 0 Å². The zero-order valence-electron chi connectivity index (χ0n) is 10.5. The predicted octanol–water partition coefficient (Wildman–Crippen LogP) is 2.65. The second kappa shape index (κ2) is 6.41. The molecular formula is C13H16BrN3O. The summed E-state index contributed by atoms with van der Waals surface area (Å²) in [4.78, 5) is 13.9. The standard InChI is InChI=1S/C13H16BrN3O/c1-3-17(8-9(2)7-15)13(18)11-5-4-10(14)6-12(11)16/h4-6,9H,3,8,16H2,1-2H3. The predicted molar refractivity (Wildman–Crippen MR) is 74.9 cm³/mol. The SMILES string of the molecule is CCN(CC(C)C#N)C(=O)c1ccc(Br)cc1N.